The van der Waals surface area contributed by atoms with E-state index in [0.717, 1.165) is 19.3 Å². The van der Waals surface area contributed by atoms with Crippen molar-refractivity contribution in [3.63, 3.8) is 0 Å². The van der Waals surface area contributed by atoms with Crippen molar-refractivity contribution >= 4 is 14.0 Å². The highest BCUT2D eigenvalue weighted by Crippen LogP contribution is 2.06. The third-order valence-corrected chi connectivity index (χ3v) is 3.65. The number of nitrogens with zero attached hydrogens (tertiary/aromatic N) is 3. The number of carbonyl (C=O) groups excluding carboxylic acids is 1. The van der Waals surface area contributed by atoms with Crippen molar-refractivity contribution in [2.24, 2.45) is 0 Å². The minimum absolute atomic E-state index is 0.0538. The maximum absolute atomic E-state index is 11.7. The van der Waals surface area contributed by atoms with E-state index in [1.54, 1.807) is 17.1 Å². The average molecular weight is 307 g/mol. The predicted octanol–water partition coefficient (Wildman–Crippen LogP) is 2.65. The van der Waals surface area contributed by atoms with Crippen molar-refractivity contribution in [1.29, 1.82) is 0 Å². The molecule has 0 saturated heterocycles. The standard InChI is InChI=1S/C15H25N3O2Si/c1-14(8-6-5-7-13-21(2,3)4)20-15(19)9-11-18-12-10-16-17-18/h10,12,14H,5-6,8-9,11H2,1-4H3. The molecule has 1 rings (SSSR count). The molecule has 0 radical (unpaired) electrons. The highest BCUT2D eigenvalue weighted by molar-refractivity contribution is 6.83. The number of aromatic nitrogens is 3. The first kappa shape index (κ1) is 17.4. The van der Waals surface area contributed by atoms with E-state index in [0.29, 0.717) is 13.0 Å². The van der Waals surface area contributed by atoms with Crippen molar-refractivity contribution in [2.75, 3.05) is 0 Å². The van der Waals surface area contributed by atoms with Crippen LogP contribution < -0.4 is 0 Å². The zero-order valence-electron chi connectivity index (χ0n) is 13.4. The van der Waals surface area contributed by atoms with Gasteiger partial charge in [0.2, 0.25) is 0 Å². The van der Waals surface area contributed by atoms with Crippen LogP contribution in [0.5, 0.6) is 0 Å². The summed E-state index contributed by atoms with van der Waals surface area (Å²) >= 11 is 0. The molecule has 1 aromatic rings. The Balaban J connectivity index is 2.13. The Kier molecular flexibility index (Phi) is 7.16. The van der Waals surface area contributed by atoms with E-state index in [1.165, 1.54) is 0 Å². The van der Waals surface area contributed by atoms with E-state index in [2.05, 4.69) is 41.4 Å². The van der Waals surface area contributed by atoms with Gasteiger partial charge in [-0.1, -0.05) is 24.9 Å². The molecule has 1 heterocycles. The fourth-order valence-corrected chi connectivity index (χ4v) is 2.36. The van der Waals surface area contributed by atoms with Crippen LogP contribution in [0.4, 0.5) is 0 Å². The van der Waals surface area contributed by atoms with Gasteiger partial charge in [0.05, 0.1) is 25.3 Å². The number of unbranched alkanes of at least 4 members (excludes halogenated alkanes) is 1. The van der Waals surface area contributed by atoms with Gasteiger partial charge in [-0.05, 0) is 19.8 Å². The van der Waals surface area contributed by atoms with Crippen LogP contribution in [-0.2, 0) is 16.1 Å². The molecule has 0 aliphatic rings. The molecule has 0 aromatic carbocycles. The van der Waals surface area contributed by atoms with Gasteiger partial charge in [-0.2, -0.15) is 0 Å². The monoisotopic (exact) mass is 307 g/mol. The lowest BCUT2D eigenvalue weighted by Gasteiger charge is -2.12. The summed E-state index contributed by atoms with van der Waals surface area (Å²) in [5.41, 5.74) is 3.34. The van der Waals surface area contributed by atoms with Crippen molar-refractivity contribution in [2.45, 2.75) is 64.9 Å². The molecule has 0 aliphatic carbocycles. The normalized spacial score (nSPS) is 12.4. The van der Waals surface area contributed by atoms with Crippen LogP contribution in [0.25, 0.3) is 0 Å². The first-order valence-corrected chi connectivity index (χ1v) is 10.9. The average Bonchev–Trinajstić information content (AvgIpc) is 2.87. The Morgan fingerprint density at radius 1 is 1.43 bits per heavy atom. The van der Waals surface area contributed by atoms with Crippen molar-refractivity contribution in [3.8, 4) is 11.5 Å². The van der Waals surface area contributed by atoms with E-state index < -0.39 is 8.07 Å². The lowest BCUT2D eigenvalue weighted by molar-refractivity contribution is -0.148. The van der Waals surface area contributed by atoms with Crippen LogP contribution in [-0.4, -0.2) is 35.1 Å². The van der Waals surface area contributed by atoms with Crippen LogP contribution in [0.15, 0.2) is 12.4 Å². The molecule has 21 heavy (non-hydrogen) atoms. The molecule has 0 saturated carbocycles. The zero-order chi connectivity index (χ0) is 15.7. The summed E-state index contributed by atoms with van der Waals surface area (Å²) < 4.78 is 6.98. The Hall–Kier alpha value is -1.61. The first-order chi connectivity index (χ1) is 9.87. The quantitative estimate of drug-likeness (QED) is 0.336. The van der Waals surface area contributed by atoms with Gasteiger partial charge < -0.3 is 4.74 Å². The van der Waals surface area contributed by atoms with E-state index in [9.17, 15) is 4.79 Å². The minimum atomic E-state index is -1.26. The van der Waals surface area contributed by atoms with Crippen LogP contribution in [0.1, 0.15) is 32.6 Å². The molecular weight excluding hydrogens is 282 g/mol. The van der Waals surface area contributed by atoms with E-state index in [-0.39, 0.29) is 12.1 Å². The molecule has 0 fully saturated rings. The highest BCUT2D eigenvalue weighted by Gasteiger charge is 2.10. The van der Waals surface area contributed by atoms with Crippen LogP contribution in [0, 0.1) is 11.5 Å². The molecule has 0 spiro atoms. The largest absolute Gasteiger partial charge is 0.463 e. The van der Waals surface area contributed by atoms with Crippen molar-refractivity contribution in [3.05, 3.63) is 12.4 Å². The highest BCUT2D eigenvalue weighted by atomic mass is 28.3. The number of hydrogen-bond acceptors (Lipinski definition) is 4. The number of hydrogen-bond donors (Lipinski definition) is 0. The maximum Gasteiger partial charge on any atom is 0.307 e. The number of rotatable bonds is 7. The summed E-state index contributed by atoms with van der Waals surface area (Å²) in [7, 11) is -1.26. The summed E-state index contributed by atoms with van der Waals surface area (Å²) in [6.07, 6.45) is 6.30. The molecule has 0 aliphatic heterocycles. The van der Waals surface area contributed by atoms with Crippen molar-refractivity contribution in [1.82, 2.24) is 15.0 Å². The maximum atomic E-state index is 11.7. The van der Waals surface area contributed by atoms with Gasteiger partial charge in [-0.25, -0.2) is 0 Å². The molecule has 0 amide bonds. The third kappa shape index (κ3) is 9.03. The van der Waals surface area contributed by atoms with Gasteiger partial charge in [0, 0.05) is 12.6 Å². The molecule has 0 bridgehead atoms. The summed E-state index contributed by atoms with van der Waals surface area (Å²) in [6.45, 7) is 9.14. The third-order valence-electron chi connectivity index (χ3n) is 2.73. The lowest BCUT2D eigenvalue weighted by atomic mass is 10.2. The number of carbonyl (C=O) groups is 1. The van der Waals surface area contributed by atoms with E-state index in [1.807, 2.05) is 6.92 Å². The van der Waals surface area contributed by atoms with Crippen LogP contribution >= 0.6 is 0 Å². The minimum Gasteiger partial charge on any atom is -0.463 e. The first-order valence-electron chi connectivity index (χ1n) is 7.40. The molecule has 1 atom stereocenters. The summed E-state index contributed by atoms with van der Waals surface area (Å²) in [5.74, 6) is 3.04. The second kappa shape index (κ2) is 8.62. The molecule has 0 N–H and O–H groups in total. The smallest absolute Gasteiger partial charge is 0.307 e. The molecule has 6 heteroatoms. The zero-order valence-corrected chi connectivity index (χ0v) is 14.4. The van der Waals surface area contributed by atoms with Gasteiger partial charge in [-0.3, -0.25) is 9.48 Å². The summed E-state index contributed by atoms with van der Waals surface area (Å²) in [6, 6.07) is 0. The fraction of sp³-hybridized carbons (Fsp3) is 0.667. The Bertz CT molecular complexity index is 483. The lowest BCUT2D eigenvalue weighted by Crippen LogP contribution is -2.17. The summed E-state index contributed by atoms with van der Waals surface area (Å²) in [4.78, 5) is 11.7. The predicted molar refractivity (Wildman–Crippen MR) is 85.2 cm³/mol. The van der Waals surface area contributed by atoms with Gasteiger partial charge in [0.25, 0.3) is 0 Å². The van der Waals surface area contributed by atoms with Crippen molar-refractivity contribution < 1.29 is 9.53 Å². The SMILES string of the molecule is CC(CCCC#C[Si](C)(C)C)OC(=O)CCn1ccnn1. The molecule has 1 aromatic heterocycles. The second-order valence-electron chi connectivity index (χ2n) is 6.16. The van der Waals surface area contributed by atoms with Gasteiger partial charge in [0.15, 0.2) is 0 Å². The van der Waals surface area contributed by atoms with Gasteiger partial charge in [-0.15, -0.1) is 16.6 Å². The van der Waals surface area contributed by atoms with Crippen LogP contribution in [0.2, 0.25) is 19.6 Å². The topological polar surface area (TPSA) is 57.0 Å². The fourth-order valence-electron chi connectivity index (χ4n) is 1.71. The molecule has 1 unspecified atom stereocenters. The number of aryl methyl sites for hydroxylation is 1. The number of esters is 1. The van der Waals surface area contributed by atoms with E-state index >= 15 is 0 Å². The molecular formula is C15H25N3O2Si. The van der Waals surface area contributed by atoms with Gasteiger partial charge in [0.1, 0.15) is 8.07 Å². The van der Waals surface area contributed by atoms with Gasteiger partial charge >= 0.3 is 5.97 Å². The molecule has 116 valence electrons. The number of ether oxygens (including phenoxy) is 1. The summed E-state index contributed by atoms with van der Waals surface area (Å²) in [5, 5.41) is 7.49. The Morgan fingerprint density at radius 3 is 2.81 bits per heavy atom. The second-order valence-corrected chi connectivity index (χ2v) is 10.9. The Morgan fingerprint density at radius 2 is 2.19 bits per heavy atom. The Labute approximate surface area is 128 Å². The van der Waals surface area contributed by atoms with E-state index in [4.69, 9.17) is 4.74 Å². The van der Waals surface area contributed by atoms with Crippen LogP contribution in [0.3, 0.4) is 0 Å². The molecule has 5 nitrogen and oxygen atoms in total.